The third-order valence-corrected chi connectivity index (χ3v) is 3.61. The van der Waals surface area contributed by atoms with Gasteiger partial charge in [0.25, 0.3) is 0 Å². The van der Waals surface area contributed by atoms with Crippen molar-refractivity contribution in [2.24, 2.45) is 5.92 Å². The Morgan fingerprint density at radius 1 is 1.29 bits per heavy atom. The Morgan fingerprint density at radius 2 is 2.12 bits per heavy atom. The average Bonchev–Trinajstić information content (AvgIpc) is 2.39. The lowest BCUT2D eigenvalue weighted by atomic mass is 9.96. The minimum Gasteiger partial charge on any atom is -0.316 e. The molecule has 0 amide bonds. The van der Waals surface area contributed by atoms with Gasteiger partial charge in [0.15, 0.2) is 0 Å². The zero-order valence-electron chi connectivity index (χ0n) is 10.9. The summed E-state index contributed by atoms with van der Waals surface area (Å²) in [5, 5.41) is 3.49. The molecule has 1 saturated heterocycles. The molecule has 1 atom stereocenters. The Kier molecular flexibility index (Phi) is 5.02. The second kappa shape index (κ2) is 6.77. The van der Waals surface area contributed by atoms with E-state index in [1.54, 1.807) is 0 Å². The highest BCUT2D eigenvalue weighted by molar-refractivity contribution is 5.14. The molecule has 0 saturated carbocycles. The molecule has 1 heterocycles. The lowest BCUT2D eigenvalue weighted by molar-refractivity contribution is 0.268. The summed E-state index contributed by atoms with van der Waals surface area (Å²) < 4.78 is 0. The molecule has 94 valence electrons. The molecule has 1 aromatic rings. The lowest BCUT2D eigenvalue weighted by Crippen LogP contribution is -2.32. The molecule has 0 unspecified atom stereocenters. The molecule has 1 fully saturated rings. The Balaban J connectivity index is 1.68. The van der Waals surface area contributed by atoms with Crippen LogP contribution in [0.2, 0.25) is 0 Å². The molecule has 0 aliphatic carbocycles. The van der Waals surface area contributed by atoms with Crippen molar-refractivity contribution in [3.05, 3.63) is 35.9 Å². The van der Waals surface area contributed by atoms with Crippen molar-refractivity contribution in [1.29, 1.82) is 0 Å². The highest BCUT2D eigenvalue weighted by Gasteiger charge is 2.13. The van der Waals surface area contributed by atoms with Gasteiger partial charge in [-0.3, -0.25) is 0 Å². The maximum atomic E-state index is 3.49. The molecule has 0 radical (unpaired) electrons. The summed E-state index contributed by atoms with van der Waals surface area (Å²) >= 11 is 0. The van der Waals surface area contributed by atoms with Crippen LogP contribution < -0.4 is 5.32 Å². The number of nitrogens with zero attached hydrogens (tertiary/aromatic N) is 1. The molecule has 0 aromatic heterocycles. The maximum absolute atomic E-state index is 3.49. The second-order valence-electron chi connectivity index (χ2n) is 5.22. The molecular formula is C15H24N2. The minimum absolute atomic E-state index is 0.891. The summed E-state index contributed by atoms with van der Waals surface area (Å²) in [4.78, 5) is 2.43. The van der Waals surface area contributed by atoms with E-state index in [0.29, 0.717) is 0 Å². The van der Waals surface area contributed by atoms with Gasteiger partial charge in [-0.15, -0.1) is 0 Å². The number of hydrogen-bond donors (Lipinski definition) is 1. The predicted molar refractivity (Wildman–Crippen MR) is 73.0 cm³/mol. The zero-order valence-corrected chi connectivity index (χ0v) is 10.9. The fourth-order valence-corrected chi connectivity index (χ4v) is 2.55. The Morgan fingerprint density at radius 3 is 2.82 bits per heavy atom. The van der Waals surface area contributed by atoms with Crippen LogP contribution in [-0.2, 0) is 6.54 Å². The first kappa shape index (κ1) is 12.6. The van der Waals surface area contributed by atoms with Gasteiger partial charge in [-0.2, -0.15) is 0 Å². The molecule has 0 bridgehead atoms. The van der Waals surface area contributed by atoms with Crippen LogP contribution in [0.3, 0.4) is 0 Å². The van der Waals surface area contributed by atoms with E-state index >= 15 is 0 Å². The summed E-state index contributed by atoms with van der Waals surface area (Å²) in [5.41, 5.74) is 1.41. The van der Waals surface area contributed by atoms with E-state index in [0.717, 1.165) is 12.5 Å². The summed E-state index contributed by atoms with van der Waals surface area (Å²) in [6.07, 6.45) is 4.09. The summed E-state index contributed by atoms with van der Waals surface area (Å²) in [5.74, 6) is 0.891. The van der Waals surface area contributed by atoms with E-state index < -0.39 is 0 Å². The Labute approximate surface area is 105 Å². The topological polar surface area (TPSA) is 15.3 Å². The van der Waals surface area contributed by atoms with Crippen LogP contribution in [0.5, 0.6) is 0 Å². The fourth-order valence-electron chi connectivity index (χ4n) is 2.55. The van der Waals surface area contributed by atoms with Crippen LogP contribution in [0.1, 0.15) is 24.8 Å². The van der Waals surface area contributed by atoms with Crippen molar-refractivity contribution in [3.63, 3.8) is 0 Å². The van der Waals surface area contributed by atoms with Crippen molar-refractivity contribution in [1.82, 2.24) is 10.2 Å². The van der Waals surface area contributed by atoms with E-state index in [-0.39, 0.29) is 0 Å². The summed E-state index contributed by atoms with van der Waals surface area (Å²) in [6, 6.07) is 10.7. The van der Waals surface area contributed by atoms with E-state index in [1.807, 2.05) is 0 Å². The third-order valence-electron chi connectivity index (χ3n) is 3.61. The van der Waals surface area contributed by atoms with Gasteiger partial charge in [-0.05, 0) is 57.4 Å². The van der Waals surface area contributed by atoms with Crippen LogP contribution in [-0.4, -0.2) is 31.6 Å². The number of benzene rings is 1. The van der Waals surface area contributed by atoms with E-state index in [2.05, 4.69) is 47.6 Å². The van der Waals surface area contributed by atoms with Gasteiger partial charge in [0.1, 0.15) is 0 Å². The van der Waals surface area contributed by atoms with Crippen LogP contribution in [0, 0.1) is 5.92 Å². The van der Waals surface area contributed by atoms with Crippen LogP contribution >= 0.6 is 0 Å². The van der Waals surface area contributed by atoms with Crippen molar-refractivity contribution in [2.45, 2.75) is 25.8 Å². The van der Waals surface area contributed by atoms with Crippen LogP contribution in [0.25, 0.3) is 0 Å². The lowest BCUT2D eigenvalue weighted by Gasteiger charge is -2.25. The number of piperidine rings is 1. The average molecular weight is 232 g/mol. The SMILES string of the molecule is CN(CC[C@H]1CCCNC1)Cc1ccccc1. The normalized spacial score (nSPS) is 20.7. The second-order valence-corrected chi connectivity index (χ2v) is 5.22. The van der Waals surface area contributed by atoms with Gasteiger partial charge in [-0.25, -0.2) is 0 Å². The minimum atomic E-state index is 0.891. The molecular weight excluding hydrogens is 208 g/mol. The molecule has 1 aliphatic rings. The first-order chi connectivity index (χ1) is 8.34. The molecule has 2 rings (SSSR count). The van der Waals surface area contributed by atoms with Gasteiger partial charge in [0.2, 0.25) is 0 Å². The smallest absolute Gasteiger partial charge is 0.0230 e. The first-order valence-electron chi connectivity index (χ1n) is 6.78. The van der Waals surface area contributed by atoms with Gasteiger partial charge in [0.05, 0.1) is 0 Å². The van der Waals surface area contributed by atoms with E-state index in [9.17, 15) is 0 Å². The van der Waals surface area contributed by atoms with Gasteiger partial charge in [-0.1, -0.05) is 30.3 Å². The Bertz CT molecular complexity index is 304. The fraction of sp³-hybridized carbons (Fsp3) is 0.600. The largest absolute Gasteiger partial charge is 0.316 e. The summed E-state index contributed by atoms with van der Waals surface area (Å²) in [6.45, 7) is 4.72. The van der Waals surface area contributed by atoms with Crippen LogP contribution in [0.15, 0.2) is 30.3 Å². The number of hydrogen-bond acceptors (Lipinski definition) is 2. The van der Waals surface area contributed by atoms with Crippen molar-refractivity contribution in [3.8, 4) is 0 Å². The third kappa shape index (κ3) is 4.49. The standard InChI is InChI=1S/C15H24N2/c1-17(13-15-6-3-2-4-7-15)11-9-14-8-5-10-16-12-14/h2-4,6-7,14,16H,5,8-13H2,1H3/t14-/m1/s1. The van der Waals surface area contributed by atoms with Crippen molar-refractivity contribution < 1.29 is 0 Å². The molecule has 1 aliphatic heterocycles. The highest BCUT2D eigenvalue weighted by Crippen LogP contribution is 2.14. The van der Waals surface area contributed by atoms with Crippen molar-refractivity contribution >= 4 is 0 Å². The van der Waals surface area contributed by atoms with Crippen molar-refractivity contribution in [2.75, 3.05) is 26.7 Å². The van der Waals surface area contributed by atoms with Gasteiger partial charge < -0.3 is 10.2 Å². The molecule has 0 spiro atoms. The van der Waals surface area contributed by atoms with E-state index in [4.69, 9.17) is 0 Å². The molecule has 1 aromatic carbocycles. The quantitative estimate of drug-likeness (QED) is 0.839. The Hall–Kier alpha value is -0.860. The van der Waals surface area contributed by atoms with Gasteiger partial charge in [0, 0.05) is 6.54 Å². The zero-order chi connectivity index (χ0) is 11.9. The molecule has 1 N–H and O–H groups in total. The molecule has 2 heteroatoms. The maximum Gasteiger partial charge on any atom is 0.0230 e. The van der Waals surface area contributed by atoms with E-state index in [1.165, 1.54) is 44.5 Å². The van der Waals surface area contributed by atoms with Crippen LogP contribution in [0.4, 0.5) is 0 Å². The number of rotatable bonds is 5. The highest BCUT2D eigenvalue weighted by atomic mass is 15.1. The first-order valence-corrected chi connectivity index (χ1v) is 6.78. The molecule has 2 nitrogen and oxygen atoms in total. The predicted octanol–water partition coefficient (Wildman–Crippen LogP) is 2.51. The van der Waals surface area contributed by atoms with Gasteiger partial charge >= 0.3 is 0 Å². The number of nitrogens with one attached hydrogen (secondary N) is 1. The monoisotopic (exact) mass is 232 g/mol. The summed E-state index contributed by atoms with van der Waals surface area (Å²) in [7, 11) is 2.23. The molecule has 17 heavy (non-hydrogen) atoms.